The number of nitrogens with one attached hydrogen (secondary N) is 1. The lowest BCUT2D eigenvalue weighted by Crippen LogP contribution is -2.11. The van der Waals surface area contributed by atoms with Crippen LogP contribution in [0.5, 0.6) is 0 Å². The van der Waals surface area contributed by atoms with E-state index in [4.69, 9.17) is 18.0 Å². The number of nitrogens with two attached hydrogens (primary N) is 1. The van der Waals surface area contributed by atoms with E-state index in [1.54, 1.807) is 6.20 Å². The Morgan fingerprint density at radius 1 is 1.17 bits per heavy atom. The van der Waals surface area contributed by atoms with Crippen molar-refractivity contribution in [1.82, 2.24) is 4.98 Å². The molecule has 0 saturated heterocycles. The van der Waals surface area contributed by atoms with Crippen LogP contribution in [0, 0.1) is 0 Å². The predicted octanol–water partition coefficient (Wildman–Crippen LogP) is 3.02. The first kappa shape index (κ1) is 12.5. The zero-order valence-corrected chi connectivity index (χ0v) is 11.0. The number of hydrogen-bond donors (Lipinski definition) is 2. The maximum Gasteiger partial charge on any atom is 0.122 e. The highest BCUT2D eigenvalue weighted by Crippen LogP contribution is 2.16. The van der Waals surface area contributed by atoms with Gasteiger partial charge in [-0.3, -0.25) is 4.98 Å². The van der Waals surface area contributed by atoms with Crippen molar-refractivity contribution in [2.45, 2.75) is 13.3 Å². The summed E-state index contributed by atoms with van der Waals surface area (Å²) in [6.45, 7) is 2.14. The van der Waals surface area contributed by atoms with Gasteiger partial charge in [-0.05, 0) is 36.2 Å². The van der Waals surface area contributed by atoms with Crippen LogP contribution in [0.25, 0.3) is 0 Å². The third-order valence-corrected chi connectivity index (χ3v) is 2.88. The minimum absolute atomic E-state index is 0.314. The van der Waals surface area contributed by atoms with Gasteiger partial charge in [0.2, 0.25) is 0 Å². The predicted molar refractivity (Wildman–Crippen MR) is 79.2 cm³/mol. The third kappa shape index (κ3) is 3.05. The monoisotopic (exact) mass is 257 g/mol. The molecule has 1 heterocycles. The Kier molecular flexibility index (Phi) is 3.89. The lowest BCUT2D eigenvalue weighted by atomic mass is 10.1. The van der Waals surface area contributed by atoms with E-state index in [-0.39, 0.29) is 0 Å². The highest BCUT2D eigenvalue weighted by Gasteiger charge is 1.99. The van der Waals surface area contributed by atoms with Crippen LogP contribution in [0.2, 0.25) is 0 Å². The topological polar surface area (TPSA) is 50.9 Å². The Morgan fingerprint density at radius 2 is 1.83 bits per heavy atom. The molecule has 0 spiro atoms. The van der Waals surface area contributed by atoms with Gasteiger partial charge in [0.15, 0.2) is 0 Å². The van der Waals surface area contributed by atoms with E-state index in [0.717, 1.165) is 17.8 Å². The van der Waals surface area contributed by atoms with E-state index in [0.29, 0.717) is 10.7 Å². The summed E-state index contributed by atoms with van der Waals surface area (Å²) < 4.78 is 0. The molecular weight excluding hydrogens is 242 g/mol. The molecule has 0 amide bonds. The summed E-state index contributed by atoms with van der Waals surface area (Å²) in [5.41, 5.74) is 9.41. The van der Waals surface area contributed by atoms with Crippen molar-refractivity contribution in [3.63, 3.8) is 0 Å². The van der Waals surface area contributed by atoms with Crippen molar-refractivity contribution < 1.29 is 0 Å². The maximum absolute atomic E-state index is 5.50. The molecule has 0 fully saturated rings. The van der Waals surface area contributed by atoms with E-state index in [1.165, 1.54) is 5.56 Å². The number of hydrogen-bond acceptors (Lipinski definition) is 3. The van der Waals surface area contributed by atoms with E-state index < -0.39 is 0 Å². The largest absolute Gasteiger partial charge is 0.388 e. The Bertz CT molecular complexity index is 532. The Morgan fingerprint density at radius 3 is 2.33 bits per heavy atom. The fourth-order valence-corrected chi connectivity index (χ4v) is 1.72. The normalized spacial score (nSPS) is 10.1. The van der Waals surface area contributed by atoms with Gasteiger partial charge >= 0.3 is 0 Å². The minimum atomic E-state index is 0.314. The number of nitrogens with zero attached hydrogens (tertiary/aromatic N) is 1. The summed E-state index contributed by atoms with van der Waals surface area (Å²) >= 11 is 4.86. The van der Waals surface area contributed by atoms with Gasteiger partial charge in [-0.1, -0.05) is 31.3 Å². The van der Waals surface area contributed by atoms with Crippen molar-refractivity contribution in [2.75, 3.05) is 5.32 Å². The van der Waals surface area contributed by atoms with Gasteiger partial charge < -0.3 is 11.1 Å². The van der Waals surface area contributed by atoms with Crippen LogP contribution < -0.4 is 11.1 Å². The Balaban J connectivity index is 2.10. The number of anilines is 2. The molecule has 0 saturated carbocycles. The van der Waals surface area contributed by atoms with Crippen LogP contribution >= 0.6 is 12.2 Å². The average Bonchev–Trinajstić information content (AvgIpc) is 2.40. The van der Waals surface area contributed by atoms with Gasteiger partial charge in [0.1, 0.15) is 4.99 Å². The van der Waals surface area contributed by atoms with Crippen LogP contribution in [-0.2, 0) is 6.42 Å². The van der Waals surface area contributed by atoms with Gasteiger partial charge in [-0.2, -0.15) is 0 Å². The number of pyridine rings is 1. The zero-order valence-electron chi connectivity index (χ0n) is 10.2. The number of benzene rings is 1. The van der Waals surface area contributed by atoms with Crippen LogP contribution in [0.4, 0.5) is 11.4 Å². The SMILES string of the molecule is CCc1ccc(Nc2ccc(C(N)=S)nc2)cc1. The molecule has 0 bridgehead atoms. The standard InChI is InChI=1S/C14H15N3S/c1-2-10-3-5-11(6-4-10)17-12-7-8-13(14(15)18)16-9-12/h3-9,17H,2H2,1H3,(H2,15,18). The zero-order chi connectivity index (χ0) is 13.0. The first-order valence-corrected chi connectivity index (χ1v) is 6.21. The Hall–Kier alpha value is -1.94. The second-order valence-electron chi connectivity index (χ2n) is 3.97. The molecule has 2 aromatic rings. The molecular formula is C14H15N3S. The first-order valence-electron chi connectivity index (χ1n) is 5.81. The van der Waals surface area contributed by atoms with Crippen LogP contribution in [0.15, 0.2) is 42.6 Å². The molecule has 0 atom stereocenters. The van der Waals surface area contributed by atoms with Gasteiger partial charge in [0, 0.05) is 5.69 Å². The number of thiocarbonyl (C=S) groups is 1. The molecule has 3 nitrogen and oxygen atoms in total. The van der Waals surface area contributed by atoms with Crippen LogP contribution in [0.1, 0.15) is 18.2 Å². The van der Waals surface area contributed by atoms with Crippen LogP contribution in [-0.4, -0.2) is 9.97 Å². The van der Waals surface area contributed by atoms with Gasteiger partial charge in [-0.25, -0.2) is 0 Å². The first-order chi connectivity index (χ1) is 8.69. The molecule has 92 valence electrons. The molecule has 4 heteroatoms. The summed E-state index contributed by atoms with van der Waals surface area (Å²) in [6, 6.07) is 12.1. The molecule has 2 rings (SSSR count). The van der Waals surface area contributed by atoms with Crippen molar-refractivity contribution in [1.29, 1.82) is 0 Å². The fraction of sp³-hybridized carbons (Fsp3) is 0.143. The molecule has 3 N–H and O–H groups in total. The van der Waals surface area contributed by atoms with Crippen molar-refractivity contribution in [2.24, 2.45) is 5.73 Å². The van der Waals surface area contributed by atoms with Gasteiger partial charge in [0.05, 0.1) is 17.6 Å². The molecule has 0 unspecified atom stereocenters. The summed E-state index contributed by atoms with van der Waals surface area (Å²) in [5, 5.41) is 3.27. The maximum atomic E-state index is 5.50. The average molecular weight is 257 g/mol. The molecule has 0 aliphatic heterocycles. The molecule has 1 aromatic heterocycles. The summed E-state index contributed by atoms with van der Waals surface area (Å²) in [6.07, 6.45) is 2.77. The number of rotatable bonds is 4. The van der Waals surface area contributed by atoms with Gasteiger partial charge in [0.25, 0.3) is 0 Å². The number of aryl methyl sites for hydroxylation is 1. The van der Waals surface area contributed by atoms with E-state index >= 15 is 0 Å². The van der Waals surface area contributed by atoms with Crippen LogP contribution in [0.3, 0.4) is 0 Å². The van der Waals surface area contributed by atoms with Crippen molar-refractivity contribution in [3.05, 3.63) is 53.9 Å². The van der Waals surface area contributed by atoms with Crippen molar-refractivity contribution in [3.8, 4) is 0 Å². The summed E-state index contributed by atoms with van der Waals surface area (Å²) in [4.78, 5) is 4.49. The second-order valence-corrected chi connectivity index (χ2v) is 4.41. The second kappa shape index (κ2) is 5.60. The third-order valence-electron chi connectivity index (χ3n) is 2.67. The van der Waals surface area contributed by atoms with Crippen molar-refractivity contribution >= 4 is 28.6 Å². The minimum Gasteiger partial charge on any atom is -0.388 e. The molecule has 18 heavy (non-hydrogen) atoms. The summed E-state index contributed by atoms with van der Waals surface area (Å²) in [7, 11) is 0. The van der Waals surface area contributed by atoms with E-state index in [2.05, 4.69) is 41.5 Å². The lowest BCUT2D eigenvalue weighted by Gasteiger charge is -2.07. The Labute approximate surface area is 112 Å². The van der Waals surface area contributed by atoms with Gasteiger partial charge in [-0.15, -0.1) is 0 Å². The van der Waals surface area contributed by atoms with E-state index in [9.17, 15) is 0 Å². The quantitative estimate of drug-likeness (QED) is 0.827. The summed E-state index contributed by atoms with van der Waals surface area (Å²) in [5.74, 6) is 0. The fourth-order valence-electron chi connectivity index (χ4n) is 1.60. The molecule has 0 aliphatic rings. The lowest BCUT2D eigenvalue weighted by molar-refractivity contribution is 1.14. The highest BCUT2D eigenvalue weighted by molar-refractivity contribution is 7.80. The van der Waals surface area contributed by atoms with E-state index in [1.807, 2.05) is 12.1 Å². The molecule has 0 aliphatic carbocycles. The molecule has 0 radical (unpaired) electrons. The molecule has 1 aromatic carbocycles. The smallest absolute Gasteiger partial charge is 0.122 e. The highest BCUT2D eigenvalue weighted by atomic mass is 32.1. The number of aromatic nitrogens is 1.